The van der Waals surface area contributed by atoms with Crippen LogP contribution in [-0.4, -0.2) is 65.4 Å². The first-order valence-electron chi connectivity index (χ1n) is 8.61. The quantitative estimate of drug-likeness (QED) is 0.737. The van der Waals surface area contributed by atoms with Crippen molar-refractivity contribution in [2.45, 2.75) is 26.5 Å². The number of amides is 2. The molecular weight excluding hydrogens is 338 g/mol. The first kappa shape index (κ1) is 18.5. The van der Waals surface area contributed by atoms with Crippen LogP contribution >= 0.6 is 0 Å². The van der Waals surface area contributed by atoms with Crippen LogP contribution in [0.5, 0.6) is 11.5 Å². The summed E-state index contributed by atoms with van der Waals surface area (Å²) in [7, 11) is 0. The third kappa shape index (κ3) is 3.22. The number of nitrogens with two attached hydrogens (primary N) is 1. The fraction of sp³-hybridized carbons (Fsp3) is 0.556. The molecule has 8 nitrogen and oxygen atoms in total. The summed E-state index contributed by atoms with van der Waals surface area (Å²) < 4.78 is 10.6. The van der Waals surface area contributed by atoms with Crippen LogP contribution < -0.4 is 15.2 Å². The first-order chi connectivity index (χ1) is 12.1. The van der Waals surface area contributed by atoms with Crippen LogP contribution in [0, 0.1) is 5.41 Å². The molecule has 2 amide bonds. The van der Waals surface area contributed by atoms with E-state index >= 15 is 0 Å². The molecule has 0 radical (unpaired) electrons. The molecule has 1 aromatic rings. The molecule has 0 saturated carbocycles. The number of aliphatic hydroxyl groups is 1. The molecule has 1 atom stereocenters. The Kier molecular flexibility index (Phi) is 4.58. The fourth-order valence-electron chi connectivity index (χ4n) is 2.89. The van der Waals surface area contributed by atoms with Crippen molar-refractivity contribution in [1.29, 1.82) is 0 Å². The summed E-state index contributed by atoms with van der Waals surface area (Å²) >= 11 is 0. The maximum Gasteiger partial charge on any atom is 0.270 e. The second-order valence-electron chi connectivity index (χ2n) is 7.67. The van der Waals surface area contributed by atoms with Crippen LogP contribution in [0.4, 0.5) is 0 Å². The Labute approximate surface area is 152 Å². The molecule has 0 spiro atoms. The van der Waals surface area contributed by atoms with E-state index in [1.807, 2.05) is 0 Å². The number of hydrogen-bond donors (Lipinski definition) is 2. The lowest BCUT2D eigenvalue weighted by Crippen LogP contribution is -2.65. The summed E-state index contributed by atoms with van der Waals surface area (Å²) in [5.41, 5.74) is 3.64. The summed E-state index contributed by atoms with van der Waals surface area (Å²) in [5, 5.41) is 10.4. The van der Waals surface area contributed by atoms with Gasteiger partial charge in [0.2, 0.25) is 6.79 Å². The largest absolute Gasteiger partial charge is 0.454 e. The van der Waals surface area contributed by atoms with E-state index in [0.717, 1.165) is 0 Å². The molecule has 2 aliphatic heterocycles. The molecule has 26 heavy (non-hydrogen) atoms. The Hall–Kier alpha value is -2.32. The molecule has 2 aliphatic rings. The fourth-order valence-corrected chi connectivity index (χ4v) is 2.89. The van der Waals surface area contributed by atoms with Crippen molar-refractivity contribution < 1.29 is 24.2 Å². The zero-order valence-electron chi connectivity index (χ0n) is 15.3. The van der Waals surface area contributed by atoms with Gasteiger partial charge < -0.3 is 24.4 Å². The number of piperazine rings is 1. The van der Waals surface area contributed by atoms with Gasteiger partial charge in [-0.1, -0.05) is 20.8 Å². The van der Waals surface area contributed by atoms with E-state index in [4.69, 9.17) is 15.2 Å². The lowest BCUT2D eigenvalue weighted by Gasteiger charge is -2.42. The molecule has 0 bridgehead atoms. The molecular formula is C18H25N3O5. The second kappa shape index (κ2) is 6.44. The van der Waals surface area contributed by atoms with Gasteiger partial charge in [0.1, 0.15) is 0 Å². The standard InChI is InChI=1S/C18H25N3O5/c1-17(2,3)18(19,24)16(23)21-8-6-20(7-9-21)15(22)12-4-5-13-14(10-12)26-11-25-13/h4-5,10,24H,6-9,11,19H2,1-3H3/t18-/m0/s1. The van der Waals surface area contributed by atoms with Gasteiger partial charge in [0.05, 0.1) is 0 Å². The van der Waals surface area contributed by atoms with Gasteiger partial charge in [-0.3, -0.25) is 15.3 Å². The van der Waals surface area contributed by atoms with Crippen molar-refractivity contribution >= 4 is 11.8 Å². The average Bonchev–Trinajstić information content (AvgIpc) is 3.07. The molecule has 0 unspecified atom stereocenters. The number of benzene rings is 1. The van der Waals surface area contributed by atoms with Crippen molar-refractivity contribution in [3.05, 3.63) is 23.8 Å². The summed E-state index contributed by atoms with van der Waals surface area (Å²) in [6, 6.07) is 5.08. The normalized spacial score (nSPS) is 19.3. The number of carbonyl (C=O) groups is 2. The van der Waals surface area contributed by atoms with E-state index in [2.05, 4.69) is 0 Å². The minimum atomic E-state index is -1.95. The van der Waals surface area contributed by atoms with E-state index in [1.165, 1.54) is 4.90 Å². The highest BCUT2D eigenvalue weighted by Gasteiger charge is 2.46. The zero-order valence-corrected chi connectivity index (χ0v) is 15.3. The van der Waals surface area contributed by atoms with Crippen molar-refractivity contribution in [3.63, 3.8) is 0 Å². The van der Waals surface area contributed by atoms with Gasteiger partial charge in [-0.15, -0.1) is 0 Å². The van der Waals surface area contributed by atoms with Crippen molar-refractivity contribution in [3.8, 4) is 11.5 Å². The molecule has 3 N–H and O–H groups in total. The predicted octanol–water partition coefficient (Wildman–Crippen LogP) is 0.393. The molecule has 1 saturated heterocycles. The lowest BCUT2D eigenvalue weighted by atomic mass is 9.82. The van der Waals surface area contributed by atoms with Gasteiger partial charge in [-0.2, -0.15) is 0 Å². The maximum atomic E-state index is 12.7. The smallest absolute Gasteiger partial charge is 0.270 e. The van der Waals surface area contributed by atoms with Crippen molar-refractivity contribution in [2.75, 3.05) is 33.0 Å². The van der Waals surface area contributed by atoms with Crippen molar-refractivity contribution in [2.24, 2.45) is 11.1 Å². The third-order valence-electron chi connectivity index (χ3n) is 4.94. The summed E-state index contributed by atoms with van der Waals surface area (Å²) in [4.78, 5) is 28.4. The monoisotopic (exact) mass is 363 g/mol. The van der Waals surface area contributed by atoms with Gasteiger partial charge in [0.25, 0.3) is 11.8 Å². The van der Waals surface area contributed by atoms with Gasteiger partial charge >= 0.3 is 0 Å². The molecule has 1 fully saturated rings. The molecule has 0 aliphatic carbocycles. The summed E-state index contributed by atoms with van der Waals surface area (Å²) in [6.07, 6.45) is 0. The Bertz CT molecular complexity index is 718. The SMILES string of the molecule is CC(C)(C)[C@@](N)(O)C(=O)N1CCN(C(=O)c2ccc3c(c2)OCO3)CC1. The van der Waals surface area contributed by atoms with E-state index in [0.29, 0.717) is 43.2 Å². The highest BCUT2D eigenvalue weighted by atomic mass is 16.7. The topological polar surface area (TPSA) is 105 Å². The minimum Gasteiger partial charge on any atom is -0.454 e. The van der Waals surface area contributed by atoms with E-state index in [-0.39, 0.29) is 12.7 Å². The molecule has 142 valence electrons. The van der Waals surface area contributed by atoms with E-state index in [1.54, 1.807) is 43.9 Å². The average molecular weight is 363 g/mol. The molecule has 3 rings (SSSR count). The van der Waals surface area contributed by atoms with Gasteiger partial charge in [0, 0.05) is 37.2 Å². The van der Waals surface area contributed by atoms with Crippen LogP contribution in [0.1, 0.15) is 31.1 Å². The van der Waals surface area contributed by atoms with Crippen LogP contribution in [-0.2, 0) is 4.79 Å². The maximum absolute atomic E-state index is 12.7. The third-order valence-corrected chi connectivity index (χ3v) is 4.94. The minimum absolute atomic E-state index is 0.130. The van der Waals surface area contributed by atoms with Gasteiger partial charge in [0.15, 0.2) is 17.2 Å². The molecule has 2 heterocycles. The molecule has 8 heteroatoms. The Morgan fingerprint density at radius 1 is 1.04 bits per heavy atom. The van der Waals surface area contributed by atoms with Crippen molar-refractivity contribution in [1.82, 2.24) is 9.80 Å². The second-order valence-corrected chi connectivity index (χ2v) is 7.67. The number of hydrogen-bond acceptors (Lipinski definition) is 6. The van der Waals surface area contributed by atoms with Crippen LogP contribution in [0.3, 0.4) is 0 Å². The van der Waals surface area contributed by atoms with Gasteiger partial charge in [-0.05, 0) is 18.2 Å². The highest BCUT2D eigenvalue weighted by molar-refractivity contribution is 5.95. The Morgan fingerprint density at radius 2 is 1.62 bits per heavy atom. The summed E-state index contributed by atoms with van der Waals surface area (Å²) in [6.45, 7) is 6.69. The van der Waals surface area contributed by atoms with Crippen LogP contribution in [0.2, 0.25) is 0 Å². The molecule has 1 aromatic carbocycles. The predicted molar refractivity (Wildman–Crippen MR) is 93.6 cm³/mol. The zero-order chi connectivity index (χ0) is 19.1. The number of ether oxygens (including phenoxy) is 2. The number of rotatable bonds is 2. The highest BCUT2D eigenvalue weighted by Crippen LogP contribution is 2.33. The van der Waals surface area contributed by atoms with Crippen LogP contribution in [0.15, 0.2) is 18.2 Å². The van der Waals surface area contributed by atoms with E-state index in [9.17, 15) is 14.7 Å². The van der Waals surface area contributed by atoms with Crippen LogP contribution in [0.25, 0.3) is 0 Å². The van der Waals surface area contributed by atoms with E-state index < -0.39 is 17.0 Å². The first-order valence-corrected chi connectivity index (χ1v) is 8.61. The number of carbonyl (C=O) groups excluding carboxylic acids is 2. The van der Waals surface area contributed by atoms with Gasteiger partial charge in [-0.25, -0.2) is 0 Å². The Balaban J connectivity index is 1.63. The summed E-state index contributed by atoms with van der Waals surface area (Å²) in [5.74, 6) is 0.541. The molecule has 0 aromatic heterocycles. The Morgan fingerprint density at radius 3 is 2.23 bits per heavy atom. The number of fused-ring (bicyclic) bond motifs is 1. The number of nitrogens with zero attached hydrogens (tertiary/aromatic N) is 2. The lowest BCUT2D eigenvalue weighted by molar-refractivity contribution is -0.164.